The summed E-state index contributed by atoms with van der Waals surface area (Å²) in [5.41, 5.74) is 2.65. The van der Waals surface area contributed by atoms with E-state index in [-0.39, 0.29) is 18.0 Å². The van der Waals surface area contributed by atoms with E-state index >= 15 is 0 Å². The quantitative estimate of drug-likeness (QED) is 0.753. The number of benzene rings is 1. The molecular weight excluding hydrogens is 362 g/mol. The first-order valence-corrected chi connectivity index (χ1v) is 10.3. The van der Waals surface area contributed by atoms with E-state index in [1.807, 2.05) is 24.0 Å². The minimum Gasteiger partial charge on any atom is -0.350 e. The van der Waals surface area contributed by atoms with Crippen LogP contribution in [0.25, 0.3) is 0 Å². The van der Waals surface area contributed by atoms with Crippen molar-refractivity contribution in [2.75, 3.05) is 18.0 Å². The zero-order valence-electron chi connectivity index (χ0n) is 17.7. The Morgan fingerprint density at radius 3 is 2.52 bits per heavy atom. The number of carbonyl (C=O) groups excluding carboxylic acids is 1. The van der Waals surface area contributed by atoms with Crippen LogP contribution in [0.4, 0.5) is 5.82 Å². The molecule has 2 atom stereocenters. The fraction of sp³-hybridized carbons (Fsp3) is 0.478. The number of carbonyl (C=O) groups is 1. The van der Waals surface area contributed by atoms with Crippen molar-refractivity contribution < 1.29 is 4.79 Å². The molecule has 1 fully saturated rings. The van der Waals surface area contributed by atoms with Crippen LogP contribution in [-0.2, 0) is 11.2 Å². The molecule has 0 saturated carbocycles. The van der Waals surface area contributed by atoms with Gasteiger partial charge in [0.05, 0.1) is 12.5 Å². The van der Waals surface area contributed by atoms with Crippen LogP contribution < -0.4 is 4.90 Å². The molecule has 152 valence electrons. The van der Waals surface area contributed by atoms with Crippen LogP contribution >= 0.6 is 0 Å². The number of nitrogens with zero attached hydrogens (tertiary/aromatic N) is 5. The highest BCUT2D eigenvalue weighted by molar-refractivity contribution is 5.79. The average Bonchev–Trinajstić information content (AvgIpc) is 3.10. The third-order valence-corrected chi connectivity index (χ3v) is 5.72. The average molecular weight is 392 g/mol. The molecule has 0 bridgehead atoms. The summed E-state index contributed by atoms with van der Waals surface area (Å²) in [6, 6.07) is 14.3. The topological polar surface area (TPSA) is 73.1 Å². The lowest BCUT2D eigenvalue weighted by Crippen LogP contribution is -2.42. The lowest BCUT2D eigenvalue weighted by Gasteiger charge is -2.28. The van der Waals surface area contributed by atoms with Gasteiger partial charge in [0.2, 0.25) is 5.91 Å². The molecule has 6 nitrogen and oxygen atoms in total. The molecule has 1 aromatic carbocycles. The number of anilines is 1. The number of hydrogen-bond acceptors (Lipinski definition) is 5. The van der Waals surface area contributed by atoms with Crippen LogP contribution in [0, 0.1) is 11.3 Å². The van der Waals surface area contributed by atoms with Gasteiger partial charge in [-0.1, -0.05) is 38.1 Å². The normalized spacial score (nSPS) is 18.7. The lowest BCUT2D eigenvalue weighted by atomic mass is 10.0. The number of rotatable bonds is 6. The molecule has 0 unspecified atom stereocenters. The zero-order valence-corrected chi connectivity index (χ0v) is 17.7. The Labute approximate surface area is 173 Å². The molecule has 2 heterocycles. The van der Waals surface area contributed by atoms with Crippen LogP contribution in [-0.4, -0.2) is 46.2 Å². The van der Waals surface area contributed by atoms with Gasteiger partial charge in [0.15, 0.2) is 11.5 Å². The summed E-state index contributed by atoms with van der Waals surface area (Å²) in [5, 5.41) is 17.0. The van der Waals surface area contributed by atoms with Gasteiger partial charge >= 0.3 is 0 Å². The standard InChI is InChI=1S/C23H29N5O/c1-5-27(23(29)13-18-6-8-19(9-7-18)16(2)3)21-12-17(4)28(15-21)22-11-10-20(14-24)25-26-22/h6-11,16-17,21H,5,12-13,15H2,1-4H3/t17-,21+/m1/s1. The molecule has 0 radical (unpaired) electrons. The molecule has 2 aromatic rings. The predicted octanol–water partition coefficient (Wildman–Crippen LogP) is 3.53. The van der Waals surface area contributed by atoms with Crippen molar-refractivity contribution in [3.8, 4) is 6.07 Å². The van der Waals surface area contributed by atoms with Crippen molar-refractivity contribution in [3.63, 3.8) is 0 Å². The molecule has 0 aliphatic carbocycles. The van der Waals surface area contributed by atoms with Gasteiger partial charge in [0.1, 0.15) is 6.07 Å². The maximum absolute atomic E-state index is 13.0. The van der Waals surface area contributed by atoms with E-state index in [1.54, 1.807) is 6.07 Å². The highest BCUT2D eigenvalue weighted by Gasteiger charge is 2.35. The largest absolute Gasteiger partial charge is 0.350 e. The van der Waals surface area contributed by atoms with Crippen LogP contribution in [0.3, 0.4) is 0 Å². The van der Waals surface area contributed by atoms with Gasteiger partial charge < -0.3 is 9.80 Å². The van der Waals surface area contributed by atoms with Crippen LogP contribution in [0.15, 0.2) is 36.4 Å². The molecule has 3 rings (SSSR count). The van der Waals surface area contributed by atoms with E-state index < -0.39 is 0 Å². The number of likely N-dealkylation sites (N-methyl/N-ethyl adjacent to an activating group) is 1. The maximum atomic E-state index is 13.0. The fourth-order valence-electron chi connectivity index (χ4n) is 4.02. The summed E-state index contributed by atoms with van der Waals surface area (Å²) in [7, 11) is 0. The van der Waals surface area contributed by atoms with Gasteiger partial charge in [-0.2, -0.15) is 5.26 Å². The second-order valence-corrected chi connectivity index (χ2v) is 8.03. The molecule has 1 aromatic heterocycles. The molecule has 6 heteroatoms. The highest BCUT2D eigenvalue weighted by atomic mass is 16.2. The first-order valence-electron chi connectivity index (χ1n) is 10.3. The predicted molar refractivity (Wildman–Crippen MR) is 114 cm³/mol. The minimum absolute atomic E-state index is 0.148. The zero-order chi connectivity index (χ0) is 21.0. The van der Waals surface area contributed by atoms with Crippen LogP contribution in [0.2, 0.25) is 0 Å². The van der Waals surface area contributed by atoms with E-state index in [2.05, 4.69) is 60.1 Å². The first-order chi connectivity index (χ1) is 13.9. The van der Waals surface area contributed by atoms with Gasteiger partial charge in [0.25, 0.3) is 0 Å². The SMILES string of the molecule is CCN(C(=O)Cc1ccc(C(C)C)cc1)[C@H]1C[C@@H](C)N(c2ccc(C#N)nn2)C1. The Balaban J connectivity index is 1.67. The van der Waals surface area contributed by atoms with Crippen molar-refractivity contribution in [2.45, 2.75) is 58.5 Å². The maximum Gasteiger partial charge on any atom is 0.227 e. The summed E-state index contributed by atoms with van der Waals surface area (Å²) < 4.78 is 0. The van der Waals surface area contributed by atoms with Crippen LogP contribution in [0.1, 0.15) is 56.9 Å². The molecule has 1 amide bonds. The molecule has 1 aliphatic heterocycles. The second kappa shape index (κ2) is 9.04. The van der Waals surface area contributed by atoms with Gasteiger partial charge in [0, 0.05) is 19.1 Å². The Morgan fingerprint density at radius 2 is 1.97 bits per heavy atom. The fourth-order valence-corrected chi connectivity index (χ4v) is 4.02. The summed E-state index contributed by atoms with van der Waals surface area (Å²) in [4.78, 5) is 17.2. The third kappa shape index (κ3) is 4.73. The van der Waals surface area contributed by atoms with Gasteiger partial charge in [-0.3, -0.25) is 4.79 Å². The van der Waals surface area contributed by atoms with Crippen molar-refractivity contribution in [1.29, 1.82) is 5.26 Å². The number of aromatic nitrogens is 2. The van der Waals surface area contributed by atoms with E-state index in [1.165, 1.54) is 5.56 Å². The van der Waals surface area contributed by atoms with E-state index in [0.29, 0.717) is 24.6 Å². The summed E-state index contributed by atoms with van der Waals surface area (Å²) in [6.07, 6.45) is 1.32. The minimum atomic E-state index is 0.148. The summed E-state index contributed by atoms with van der Waals surface area (Å²) in [5.74, 6) is 1.41. The smallest absolute Gasteiger partial charge is 0.227 e. The van der Waals surface area contributed by atoms with E-state index in [9.17, 15) is 4.79 Å². The number of hydrogen-bond donors (Lipinski definition) is 0. The van der Waals surface area contributed by atoms with Crippen LogP contribution in [0.5, 0.6) is 0 Å². The van der Waals surface area contributed by atoms with Crippen molar-refractivity contribution in [2.24, 2.45) is 0 Å². The van der Waals surface area contributed by atoms with E-state index in [4.69, 9.17) is 5.26 Å². The molecule has 1 saturated heterocycles. The first kappa shape index (κ1) is 20.8. The molecule has 29 heavy (non-hydrogen) atoms. The highest BCUT2D eigenvalue weighted by Crippen LogP contribution is 2.27. The van der Waals surface area contributed by atoms with Crippen molar-refractivity contribution in [1.82, 2.24) is 15.1 Å². The monoisotopic (exact) mass is 391 g/mol. The number of amides is 1. The van der Waals surface area contributed by atoms with E-state index in [0.717, 1.165) is 24.3 Å². The number of nitriles is 1. The van der Waals surface area contributed by atoms with Gasteiger partial charge in [-0.05, 0) is 49.4 Å². The van der Waals surface area contributed by atoms with Crippen molar-refractivity contribution in [3.05, 3.63) is 53.2 Å². The second-order valence-electron chi connectivity index (χ2n) is 8.03. The molecule has 0 spiro atoms. The molecular formula is C23H29N5O. The van der Waals surface area contributed by atoms with Gasteiger partial charge in [-0.15, -0.1) is 10.2 Å². The molecule has 1 aliphatic rings. The molecule has 0 N–H and O–H groups in total. The third-order valence-electron chi connectivity index (χ3n) is 5.72. The Kier molecular flexibility index (Phi) is 6.48. The lowest BCUT2D eigenvalue weighted by molar-refractivity contribution is -0.132. The summed E-state index contributed by atoms with van der Waals surface area (Å²) >= 11 is 0. The van der Waals surface area contributed by atoms with Gasteiger partial charge in [-0.25, -0.2) is 0 Å². The Hall–Kier alpha value is -2.94. The van der Waals surface area contributed by atoms with Crippen molar-refractivity contribution >= 4 is 11.7 Å². The Bertz CT molecular complexity index is 870. The Morgan fingerprint density at radius 1 is 1.24 bits per heavy atom. The summed E-state index contributed by atoms with van der Waals surface area (Å²) in [6.45, 7) is 9.94.